The van der Waals surface area contributed by atoms with Crippen molar-refractivity contribution < 1.29 is 19.1 Å². The molecule has 0 unspecified atom stereocenters. The third kappa shape index (κ3) is 8.43. The van der Waals surface area contributed by atoms with Gasteiger partial charge in [0.25, 0.3) is 0 Å². The van der Waals surface area contributed by atoms with Crippen molar-refractivity contribution in [1.82, 2.24) is 16.2 Å². The minimum absolute atomic E-state index is 0.0114. The Morgan fingerprint density at radius 3 is 2.26 bits per heavy atom. The van der Waals surface area contributed by atoms with Crippen LogP contribution in [0, 0.1) is 13.8 Å². The van der Waals surface area contributed by atoms with Gasteiger partial charge in [-0.25, -0.2) is 0 Å². The molecule has 0 spiro atoms. The summed E-state index contributed by atoms with van der Waals surface area (Å²) < 4.78 is 5.07. The number of aryl methyl sites for hydroxylation is 2. The van der Waals surface area contributed by atoms with E-state index in [-0.39, 0.29) is 36.2 Å². The number of hydrazine groups is 1. The molecule has 164 valence electrons. The summed E-state index contributed by atoms with van der Waals surface area (Å²) in [5.74, 6) is -0.321. The Morgan fingerprint density at radius 2 is 1.58 bits per heavy atom. The molecule has 0 bridgehead atoms. The van der Waals surface area contributed by atoms with E-state index in [2.05, 4.69) is 21.5 Å². The van der Waals surface area contributed by atoms with Crippen LogP contribution < -0.4 is 26.2 Å². The lowest BCUT2D eigenvalue weighted by Crippen LogP contribution is -2.48. The average molecular weight is 443 g/mol. The lowest BCUT2D eigenvalue weighted by atomic mass is 10.1. The summed E-state index contributed by atoms with van der Waals surface area (Å²) in [5.41, 5.74) is 8.32. The SMILES string of the molecule is COc1ccc(CC(=O)NC(=S)NNC(=O)CCC(=O)Nc2cc(C)ccc2C)cc1. The van der Waals surface area contributed by atoms with E-state index < -0.39 is 5.91 Å². The monoisotopic (exact) mass is 442 g/mol. The van der Waals surface area contributed by atoms with Gasteiger partial charge in [0.1, 0.15) is 5.75 Å². The highest BCUT2D eigenvalue weighted by molar-refractivity contribution is 7.80. The fourth-order valence-corrected chi connectivity index (χ4v) is 2.79. The lowest BCUT2D eigenvalue weighted by Gasteiger charge is -2.12. The number of hydrogen-bond donors (Lipinski definition) is 4. The van der Waals surface area contributed by atoms with E-state index in [1.54, 1.807) is 31.4 Å². The molecule has 0 heterocycles. The van der Waals surface area contributed by atoms with Crippen LogP contribution in [0.3, 0.4) is 0 Å². The molecule has 0 fully saturated rings. The van der Waals surface area contributed by atoms with Gasteiger partial charge >= 0.3 is 0 Å². The van der Waals surface area contributed by atoms with Crippen LogP contribution in [-0.2, 0) is 20.8 Å². The Hall–Kier alpha value is -3.46. The third-order valence-electron chi connectivity index (χ3n) is 4.34. The summed E-state index contributed by atoms with van der Waals surface area (Å²) in [7, 11) is 1.57. The molecule has 2 aromatic carbocycles. The molecule has 0 aliphatic rings. The summed E-state index contributed by atoms with van der Waals surface area (Å²) in [6.45, 7) is 3.84. The molecule has 8 nitrogen and oxygen atoms in total. The smallest absolute Gasteiger partial charge is 0.238 e. The van der Waals surface area contributed by atoms with Gasteiger partial charge in [-0.05, 0) is 61.0 Å². The topological polar surface area (TPSA) is 109 Å². The zero-order chi connectivity index (χ0) is 22.8. The number of ether oxygens (including phenoxy) is 1. The quantitative estimate of drug-likeness (QED) is 0.387. The van der Waals surface area contributed by atoms with Gasteiger partial charge in [-0.1, -0.05) is 24.3 Å². The molecule has 0 atom stereocenters. The second kappa shape index (κ2) is 11.7. The van der Waals surface area contributed by atoms with Crippen molar-refractivity contribution in [3.05, 3.63) is 59.2 Å². The van der Waals surface area contributed by atoms with E-state index in [9.17, 15) is 14.4 Å². The Kier molecular flexibility index (Phi) is 8.95. The first-order valence-corrected chi connectivity index (χ1v) is 10.1. The molecule has 4 N–H and O–H groups in total. The zero-order valence-corrected chi connectivity index (χ0v) is 18.5. The van der Waals surface area contributed by atoms with Crippen LogP contribution in [0.2, 0.25) is 0 Å². The van der Waals surface area contributed by atoms with E-state index >= 15 is 0 Å². The number of anilines is 1. The molecule has 0 aliphatic carbocycles. The number of carbonyl (C=O) groups excluding carboxylic acids is 3. The van der Waals surface area contributed by atoms with E-state index in [1.165, 1.54) is 0 Å². The van der Waals surface area contributed by atoms with Crippen molar-refractivity contribution in [2.75, 3.05) is 12.4 Å². The standard InChI is InChI=1S/C22H26N4O4S/c1-14-4-5-15(2)18(12-14)23-19(27)10-11-20(28)25-26-22(31)24-21(29)13-16-6-8-17(30-3)9-7-16/h4-9,12H,10-11,13H2,1-3H3,(H,23,27)(H,25,28)(H2,24,26,29,31). The van der Waals surface area contributed by atoms with Crippen LogP contribution in [0.15, 0.2) is 42.5 Å². The van der Waals surface area contributed by atoms with E-state index in [0.29, 0.717) is 5.75 Å². The Balaban J connectivity index is 1.67. The maximum Gasteiger partial charge on any atom is 0.238 e. The number of methoxy groups -OCH3 is 1. The largest absolute Gasteiger partial charge is 0.497 e. The summed E-state index contributed by atoms with van der Waals surface area (Å²) in [6, 6.07) is 12.8. The van der Waals surface area contributed by atoms with Gasteiger partial charge in [0.05, 0.1) is 13.5 Å². The van der Waals surface area contributed by atoms with Crippen LogP contribution in [-0.4, -0.2) is 29.9 Å². The van der Waals surface area contributed by atoms with Crippen LogP contribution in [0.25, 0.3) is 0 Å². The summed E-state index contributed by atoms with van der Waals surface area (Å²) >= 11 is 5.00. The van der Waals surface area contributed by atoms with Gasteiger partial charge in [-0.15, -0.1) is 0 Å². The summed E-state index contributed by atoms with van der Waals surface area (Å²) in [5, 5.41) is 5.24. The first-order chi connectivity index (χ1) is 14.8. The van der Waals surface area contributed by atoms with Gasteiger partial charge in [0, 0.05) is 18.5 Å². The minimum Gasteiger partial charge on any atom is -0.497 e. The van der Waals surface area contributed by atoms with Crippen molar-refractivity contribution in [3.8, 4) is 5.75 Å². The Labute approximate surface area is 186 Å². The van der Waals surface area contributed by atoms with Crippen molar-refractivity contribution in [1.29, 1.82) is 0 Å². The molecule has 0 radical (unpaired) electrons. The van der Waals surface area contributed by atoms with Gasteiger partial charge in [-0.3, -0.25) is 25.2 Å². The highest BCUT2D eigenvalue weighted by atomic mass is 32.1. The molecule has 9 heteroatoms. The molecule has 31 heavy (non-hydrogen) atoms. The average Bonchev–Trinajstić information content (AvgIpc) is 2.74. The lowest BCUT2D eigenvalue weighted by molar-refractivity contribution is -0.124. The molecule has 0 aromatic heterocycles. The maximum atomic E-state index is 12.1. The first kappa shape index (κ1) is 23.8. The highest BCUT2D eigenvalue weighted by Crippen LogP contribution is 2.16. The van der Waals surface area contributed by atoms with Crippen molar-refractivity contribution in [2.24, 2.45) is 0 Å². The molecule has 2 aromatic rings. The van der Waals surface area contributed by atoms with E-state index in [1.807, 2.05) is 32.0 Å². The van der Waals surface area contributed by atoms with Gasteiger partial charge in [0.15, 0.2) is 5.11 Å². The number of rotatable bonds is 7. The van der Waals surface area contributed by atoms with Crippen LogP contribution in [0.1, 0.15) is 29.5 Å². The van der Waals surface area contributed by atoms with E-state index in [0.717, 1.165) is 22.4 Å². The number of carbonyl (C=O) groups is 3. The Morgan fingerprint density at radius 1 is 0.903 bits per heavy atom. The van der Waals surface area contributed by atoms with Gasteiger partial charge in [-0.2, -0.15) is 0 Å². The molecule has 0 saturated heterocycles. The minimum atomic E-state index is -0.428. The summed E-state index contributed by atoms with van der Waals surface area (Å²) in [6.07, 6.45) is 0.0991. The second-order valence-corrected chi connectivity index (χ2v) is 7.35. The number of nitrogens with one attached hydrogen (secondary N) is 4. The molecular weight excluding hydrogens is 416 g/mol. The first-order valence-electron chi connectivity index (χ1n) is 9.65. The van der Waals surface area contributed by atoms with Crippen molar-refractivity contribution in [3.63, 3.8) is 0 Å². The number of amides is 3. The highest BCUT2D eigenvalue weighted by Gasteiger charge is 2.10. The molecule has 3 amide bonds. The van der Waals surface area contributed by atoms with Crippen molar-refractivity contribution in [2.45, 2.75) is 33.1 Å². The summed E-state index contributed by atoms with van der Waals surface area (Å²) in [4.78, 5) is 36.0. The van der Waals surface area contributed by atoms with Crippen LogP contribution in [0.5, 0.6) is 5.75 Å². The Bertz CT molecular complexity index is 960. The molecule has 2 rings (SSSR count). The van der Waals surface area contributed by atoms with Crippen LogP contribution >= 0.6 is 12.2 Å². The molecular formula is C22H26N4O4S. The number of hydrogen-bond acceptors (Lipinski definition) is 5. The van der Waals surface area contributed by atoms with Crippen LogP contribution in [0.4, 0.5) is 5.69 Å². The predicted octanol–water partition coefficient (Wildman–Crippen LogP) is 2.30. The van der Waals surface area contributed by atoms with E-state index in [4.69, 9.17) is 17.0 Å². The fourth-order valence-electron chi connectivity index (χ4n) is 2.63. The fraction of sp³-hybridized carbons (Fsp3) is 0.273. The number of thiocarbonyl (C=S) groups is 1. The second-order valence-electron chi connectivity index (χ2n) is 6.94. The van der Waals surface area contributed by atoms with Gasteiger partial charge < -0.3 is 15.4 Å². The number of benzene rings is 2. The maximum absolute atomic E-state index is 12.1. The molecule has 0 saturated carbocycles. The van der Waals surface area contributed by atoms with Crippen molar-refractivity contribution >= 4 is 40.7 Å². The van der Waals surface area contributed by atoms with Gasteiger partial charge in [0.2, 0.25) is 17.7 Å². The molecule has 0 aliphatic heterocycles. The zero-order valence-electron chi connectivity index (χ0n) is 17.7. The normalized spacial score (nSPS) is 10.0. The third-order valence-corrected chi connectivity index (χ3v) is 4.54. The predicted molar refractivity (Wildman–Crippen MR) is 122 cm³/mol.